The van der Waals surface area contributed by atoms with Crippen molar-refractivity contribution in [2.24, 2.45) is 11.8 Å². The summed E-state index contributed by atoms with van der Waals surface area (Å²) in [7, 11) is 0. The molecule has 2 N–H and O–H groups in total. The van der Waals surface area contributed by atoms with Crippen molar-refractivity contribution in [3.63, 3.8) is 0 Å². The average Bonchev–Trinajstić information content (AvgIpc) is 2.89. The van der Waals surface area contributed by atoms with E-state index in [0.717, 1.165) is 12.2 Å². The number of hydrogen-bond donors (Lipinski definition) is 2. The second kappa shape index (κ2) is 8.35. The van der Waals surface area contributed by atoms with Gasteiger partial charge in [0.15, 0.2) is 34.7 Å². The van der Waals surface area contributed by atoms with Crippen molar-refractivity contribution < 1.29 is 39.0 Å². The van der Waals surface area contributed by atoms with Gasteiger partial charge in [-0.3, -0.25) is 28.8 Å². The van der Waals surface area contributed by atoms with Gasteiger partial charge in [-0.25, -0.2) is 0 Å². The summed E-state index contributed by atoms with van der Waals surface area (Å²) in [5, 5.41) is 19.4. The van der Waals surface area contributed by atoms with Crippen LogP contribution in [0.25, 0.3) is 0 Å². The van der Waals surface area contributed by atoms with Crippen molar-refractivity contribution in [1.29, 1.82) is 0 Å². The summed E-state index contributed by atoms with van der Waals surface area (Å²) in [6, 6.07) is 15.1. The van der Waals surface area contributed by atoms with E-state index in [1.54, 1.807) is 24.3 Å². The minimum atomic E-state index is -1.16. The molecule has 8 nitrogen and oxygen atoms in total. The lowest BCUT2D eigenvalue weighted by Gasteiger charge is -2.29. The van der Waals surface area contributed by atoms with Crippen molar-refractivity contribution in [1.82, 2.24) is 0 Å². The van der Waals surface area contributed by atoms with E-state index in [2.05, 4.69) is 0 Å². The number of phenolic OH excluding ortho intramolecular Hbond substituents is 2. The van der Waals surface area contributed by atoms with Crippen LogP contribution in [0.5, 0.6) is 11.5 Å². The summed E-state index contributed by atoms with van der Waals surface area (Å²) in [6.07, 6.45) is 2.17. The maximum Gasteiger partial charge on any atom is 0.198 e. The smallest absolute Gasteiger partial charge is 0.198 e. The van der Waals surface area contributed by atoms with Gasteiger partial charge >= 0.3 is 0 Å². The molecule has 36 heavy (non-hydrogen) atoms. The lowest BCUT2D eigenvalue weighted by atomic mass is 9.68. The molecule has 0 saturated carbocycles. The average molecular weight is 480 g/mol. The molecule has 0 bridgehead atoms. The van der Waals surface area contributed by atoms with Gasteiger partial charge in [-0.15, -0.1) is 0 Å². The zero-order chi connectivity index (χ0) is 25.7. The third kappa shape index (κ3) is 3.31. The number of aromatic hydroxyl groups is 2. The van der Waals surface area contributed by atoms with Crippen molar-refractivity contribution in [3.05, 3.63) is 106 Å². The fourth-order valence-electron chi connectivity index (χ4n) is 4.70. The number of carbonyl (C=O) groups excluding carboxylic acids is 6. The summed E-state index contributed by atoms with van der Waals surface area (Å²) < 4.78 is 0. The Labute approximate surface area is 203 Å². The van der Waals surface area contributed by atoms with Crippen LogP contribution in [0.4, 0.5) is 0 Å². The molecule has 3 aliphatic carbocycles. The van der Waals surface area contributed by atoms with Crippen LogP contribution in [0.2, 0.25) is 0 Å². The standard InChI is InChI=1S/2C14H8O4/c2*15-9-5-6-10(16)12-11(9)13(17)7-3-1-2-4-8(7)14(12)18/h1-6,15-16H;1-6,11-12H. The monoisotopic (exact) mass is 480 g/mol. The van der Waals surface area contributed by atoms with E-state index >= 15 is 0 Å². The highest BCUT2D eigenvalue weighted by Crippen LogP contribution is 2.37. The Balaban J connectivity index is 0.000000148. The number of rotatable bonds is 0. The molecular formula is C28H16O8. The third-order valence-corrected chi connectivity index (χ3v) is 6.41. The van der Waals surface area contributed by atoms with Gasteiger partial charge in [0.2, 0.25) is 0 Å². The topological polar surface area (TPSA) is 143 Å². The van der Waals surface area contributed by atoms with Gasteiger partial charge in [0, 0.05) is 22.3 Å². The summed E-state index contributed by atoms with van der Waals surface area (Å²) in [6.45, 7) is 0. The molecule has 0 heterocycles. The predicted molar refractivity (Wildman–Crippen MR) is 124 cm³/mol. The second-order valence-corrected chi connectivity index (χ2v) is 8.43. The Bertz CT molecular complexity index is 1460. The molecule has 0 aromatic heterocycles. The van der Waals surface area contributed by atoms with Gasteiger partial charge < -0.3 is 10.2 Å². The minimum absolute atomic E-state index is 0.126. The predicted octanol–water partition coefficient (Wildman–Crippen LogP) is 2.88. The molecule has 2 atom stereocenters. The normalized spacial score (nSPS) is 19.6. The van der Waals surface area contributed by atoms with E-state index in [1.165, 1.54) is 36.4 Å². The number of carbonyl (C=O) groups is 6. The highest BCUT2D eigenvalue weighted by atomic mass is 16.3. The SMILES string of the molecule is O=C1C=CC(=O)C2C(=O)c3ccccc3C(=O)C12.O=C1c2ccccc2C(=O)c2c(O)ccc(O)c21. The van der Waals surface area contributed by atoms with Gasteiger partial charge in [0.05, 0.1) is 11.1 Å². The second-order valence-electron chi connectivity index (χ2n) is 8.43. The lowest BCUT2D eigenvalue weighted by molar-refractivity contribution is -0.126. The largest absolute Gasteiger partial charge is 0.507 e. The summed E-state index contributed by atoms with van der Waals surface area (Å²) in [4.78, 5) is 72.2. The van der Waals surface area contributed by atoms with Crippen molar-refractivity contribution >= 4 is 34.7 Å². The van der Waals surface area contributed by atoms with Crippen LogP contribution in [-0.4, -0.2) is 44.9 Å². The zero-order valence-electron chi connectivity index (χ0n) is 18.4. The van der Waals surface area contributed by atoms with Crippen molar-refractivity contribution in [3.8, 4) is 11.5 Å². The summed E-state index contributed by atoms with van der Waals surface area (Å²) in [5.74, 6) is -5.61. The molecule has 3 aromatic rings. The summed E-state index contributed by atoms with van der Waals surface area (Å²) in [5.41, 5.74) is 0.713. The van der Waals surface area contributed by atoms with E-state index in [4.69, 9.17) is 0 Å². The fraction of sp³-hybridized carbons (Fsp3) is 0.0714. The number of hydrogen-bond acceptors (Lipinski definition) is 8. The molecule has 2 unspecified atom stereocenters. The Morgan fingerprint density at radius 1 is 0.472 bits per heavy atom. The van der Waals surface area contributed by atoms with Crippen molar-refractivity contribution in [2.75, 3.05) is 0 Å². The van der Waals surface area contributed by atoms with Gasteiger partial charge in [0.25, 0.3) is 0 Å². The fourth-order valence-corrected chi connectivity index (χ4v) is 4.70. The first-order valence-corrected chi connectivity index (χ1v) is 10.9. The molecule has 0 fully saturated rings. The molecule has 0 amide bonds. The first-order chi connectivity index (χ1) is 17.2. The number of ketones is 6. The molecule has 0 aliphatic heterocycles. The maximum atomic E-state index is 12.2. The molecule has 0 saturated heterocycles. The Hall–Kier alpha value is -4.98. The van der Waals surface area contributed by atoms with Crippen LogP contribution in [0, 0.1) is 11.8 Å². The van der Waals surface area contributed by atoms with Gasteiger partial charge in [0.1, 0.15) is 23.3 Å². The van der Waals surface area contributed by atoms with E-state index in [-0.39, 0.29) is 44.9 Å². The molecule has 0 radical (unpaired) electrons. The number of allylic oxidation sites excluding steroid dienone is 2. The van der Waals surface area contributed by atoms with E-state index in [0.29, 0.717) is 0 Å². The van der Waals surface area contributed by atoms with Crippen LogP contribution in [-0.2, 0) is 9.59 Å². The quantitative estimate of drug-likeness (QED) is 0.289. The Kier molecular flexibility index (Phi) is 5.29. The zero-order valence-corrected chi connectivity index (χ0v) is 18.4. The number of Topliss-reactive ketones (excluding diaryl/α,β-unsaturated/α-hetero) is 2. The molecule has 176 valence electrons. The van der Waals surface area contributed by atoms with Gasteiger partial charge in [-0.1, -0.05) is 48.5 Å². The van der Waals surface area contributed by atoms with Gasteiger partial charge in [-0.05, 0) is 24.3 Å². The van der Waals surface area contributed by atoms with Crippen molar-refractivity contribution in [2.45, 2.75) is 0 Å². The van der Waals surface area contributed by atoms with Gasteiger partial charge in [-0.2, -0.15) is 0 Å². The highest BCUT2D eigenvalue weighted by molar-refractivity contribution is 6.33. The third-order valence-electron chi connectivity index (χ3n) is 6.41. The number of benzene rings is 3. The molecule has 3 aliphatic rings. The first kappa shape index (κ1) is 22.8. The maximum absolute atomic E-state index is 12.2. The van der Waals surface area contributed by atoms with E-state index in [9.17, 15) is 39.0 Å². The minimum Gasteiger partial charge on any atom is -0.507 e. The van der Waals surface area contributed by atoms with E-state index in [1.807, 2.05) is 0 Å². The molecular weight excluding hydrogens is 464 g/mol. The van der Waals surface area contributed by atoms with Crippen LogP contribution in [0.15, 0.2) is 72.8 Å². The molecule has 6 rings (SSSR count). The first-order valence-electron chi connectivity index (χ1n) is 10.9. The highest BCUT2D eigenvalue weighted by Gasteiger charge is 2.49. The summed E-state index contributed by atoms with van der Waals surface area (Å²) >= 11 is 0. The van der Waals surface area contributed by atoms with Crippen LogP contribution in [0.3, 0.4) is 0 Å². The van der Waals surface area contributed by atoms with Crippen LogP contribution >= 0.6 is 0 Å². The lowest BCUT2D eigenvalue weighted by Crippen LogP contribution is -2.46. The Morgan fingerprint density at radius 2 is 0.806 bits per heavy atom. The number of phenols is 2. The number of fused-ring (bicyclic) bond motifs is 4. The molecule has 0 spiro atoms. The molecule has 8 heteroatoms. The van der Waals surface area contributed by atoms with E-state index < -0.39 is 46.5 Å². The molecule has 3 aromatic carbocycles. The Morgan fingerprint density at radius 3 is 1.17 bits per heavy atom. The van der Waals surface area contributed by atoms with Crippen LogP contribution in [0.1, 0.15) is 52.6 Å². The van der Waals surface area contributed by atoms with Crippen LogP contribution < -0.4 is 0 Å².